The third-order valence-corrected chi connectivity index (χ3v) is 5.61. The van der Waals surface area contributed by atoms with Gasteiger partial charge in [0.2, 0.25) is 0 Å². The number of aromatic nitrogens is 4. The molecule has 30 heavy (non-hydrogen) atoms. The number of nitrogens with one attached hydrogen (secondary N) is 1. The molecule has 0 aliphatic heterocycles. The smallest absolute Gasteiger partial charge is 0.260 e. The van der Waals surface area contributed by atoms with E-state index in [0.29, 0.717) is 16.5 Å². The molecule has 7 heteroatoms. The zero-order valence-electron chi connectivity index (χ0n) is 16.1. The van der Waals surface area contributed by atoms with Crippen molar-refractivity contribution in [2.45, 2.75) is 6.92 Å². The fraction of sp³-hybridized carbons (Fsp3) is 0.0435. The Morgan fingerprint density at radius 2 is 1.77 bits per heavy atom. The van der Waals surface area contributed by atoms with Crippen LogP contribution in [0.25, 0.3) is 28.0 Å². The van der Waals surface area contributed by atoms with Gasteiger partial charge in [-0.05, 0) is 25.1 Å². The first-order valence-corrected chi connectivity index (χ1v) is 10.3. The summed E-state index contributed by atoms with van der Waals surface area (Å²) in [4.78, 5) is 22.0. The highest BCUT2D eigenvalue weighted by Crippen LogP contribution is 2.25. The van der Waals surface area contributed by atoms with Gasteiger partial charge in [-0.15, -0.1) is 11.3 Å². The molecular weight excluding hydrogens is 394 g/mol. The maximum atomic E-state index is 12.8. The number of hydrogen-bond donors (Lipinski definition) is 1. The number of fused-ring (bicyclic) bond motifs is 1. The van der Waals surface area contributed by atoms with E-state index < -0.39 is 0 Å². The number of amides is 1. The normalized spacial score (nSPS) is 11.0. The lowest BCUT2D eigenvalue weighted by atomic mass is 10.2. The summed E-state index contributed by atoms with van der Waals surface area (Å²) in [6.45, 7) is 1.86. The lowest BCUT2D eigenvalue weighted by molar-refractivity contribution is 0.102. The van der Waals surface area contributed by atoms with E-state index in [1.807, 2.05) is 79.0 Å². The molecule has 5 rings (SSSR count). The van der Waals surface area contributed by atoms with Crippen LogP contribution in [0.3, 0.4) is 0 Å². The average molecular weight is 411 g/mol. The molecule has 3 aromatic heterocycles. The van der Waals surface area contributed by atoms with Crippen LogP contribution < -0.4 is 5.32 Å². The van der Waals surface area contributed by atoms with Crippen LogP contribution >= 0.6 is 11.3 Å². The molecule has 0 atom stereocenters. The maximum Gasteiger partial charge on any atom is 0.260 e. The number of nitrogens with zero attached hydrogens (tertiary/aromatic N) is 4. The number of thiazole rings is 1. The first-order valence-electron chi connectivity index (χ1n) is 9.42. The highest BCUT2D eigenvalue weighted by molar-refractivity contribution is 7.14. The number of carbonyl (C=O) groups excluding carboxylic acids is 1. The summed E-state index contributed by atoms with van der Waals surface area (Å²) in [5, 5.41) is 10.8. The first kappa shape index (κ1) is 18.2. The van der Waals surface area contributed by atoms with Crippen LogP contribution in [0, 0.1) is 6.92 Å². The molecule has 3 heterocycles. The summed E-state index contributed by atoms with van der Waals surface area (Å²) in [7, 11) is 0. The van der Waals surface area contributed by atoms with E-state index in [1.165, 1.54) is 11.3 Å². The van der Waals surface area contributed by atoms with Gasteiger partial charge in [0, 0.05) is 16.3 Å². The van der Waals surface area contributed by atoms with Crippen molar-refractivity contribution in [2.75, 3.05) is 5.32 Å². The van der Waals surface area contributed by atoms with Crippen LogP contribution in [-0.2, 0) is 0 Å². The van der Waals surface area contributed by atoms with Crippen LogP contribution in [0.4, 0.5) is 5.13 Å². The van der Waals surface area contributed by atoms with Gasteiger partial charge in [0.1, 0.15) is 0 Å². The topological polar surface area (TPSA) is 72.7 Å². The lowest BCUT2D eigenvalue weighted by Crippen LogP contribution is -2.13. The molecule has 0 bridgehead atoms. The number of carbonyl (C=O) groups is 1. The standard InChI is InChI=1S/C23H17N5OS/c1-15-18(13-24-28(15)21-12-11-17-9-5-6-10-19(17)25-21)22(29)27-23-26-20(14-30-23)16-7-3-2-4-8-16/h2-14H,1H3,(H,26,27,29). The fourth-order valence-electron chi connectivity index (χ4n) is 3.27. The number of para-hydroxylation sites is 1. The van der Waals surface area contributed by atoms with E-state index in [9.17, 15) is 4.79 Å². The Morgan fingerprint density at radius 1 is 0.967 bits per heavy atom. The van der Waals surface area contributed by atoms with Crippen molar-refractivity contribution < 1.29 is 4.79 Å². The molecular formula is C23H17N5OS. The van der Waals surface area contributed by atoms with Crippen molar-refractivity contribution in [1.29, 1.82) is 0 Å². The SMILES string of the molecule is Cc1c(C(=O)Nc2nc(-c3ccccc3)cs2)cnn1-c1ccc2ccccc2n1. The van der Waals surface area contributed by atoms with Crippen LogP contribution in [0.5, 0.6) is 0 Å². The van der Waals surface area contributed by atoms with Gasteiger partial charge in [-0.25, -0.2) is 14.6 Å². The average Bonchev–Trinajstić information content (AvgIpc) is 3.40. The highest BCUT2D eigenvalue weighted by atomic mass is 32.1. The number of pyridine rings is 1. The third-order valence-electron chi connectivity index (χ3n) is 4.85. The number of hydrogen-bond acceptors (Lipinski definition) is 5. The number of benzene rings is 2. The van der Waals surface area contributed by atoms with Crippen molar-refractivity contribution in [3.63, 3.8) is 0 Å². The fourth-order valence-corrected chi connectivity index (χ4v) is 3.99. The largest absolute Gasteiger partial charge is 0.298 e. The molecule has 1 amide bonds. The van der Waals surface area contributed by atoms with Gasteiger partial charge < -0.3 is 0 Å². The van der Waals surface area contributed by atoms with Gasteiger partial charge in [-0.3, -0.25) is 10.1 Å². The van der Waals surface area contributed by atoms with Crippen molar-refractivity contribution in [2.24, 2.45) is 0 Å². The zero-order valence-corrected chi connectivity index (χ0v) is 16.9. The van der Waals surface area contributed by atoms with Crippen LogP contribution in [-0.4, -0.2) is 25.7 Å². The molecule has 0 saturated carbocycles. The third kappa shape index (κ3) is 3.35. The molecule has 0 radical (unpaired) electrons. The Morgan fingerprint density at radius 3 is 2.63 bits per heavy atom. The molecule has 146 valence electrons. The second-order valence-corrected chi connectivity index (χ2v) is 7.63. The van der Waals surface area contributed by atoms with Crippen molar-refractivity contribution >= 4 is 33.3 Å². The van der Waals surface area contributed by atoms with Gasteiger partial charge in [0.15, 0.2) is 10.9 Å². The number of anilines is 1. The Labute approximate surface area is 176 Å². The summed E-state index contributed by atoms with van der Waals surface area (Å²) in [5.41, 5.74) is 3.94. The van der Waals surface area contributed by atoms with Crippen LogP contribution in [0.2, 0.25) is 0 Å². The second kappa shape index (κ2) is 7.53. The van der Waals surface area contributed by atoms with Gasteiger partial charge in [0.05, 0.1) is 28.7 Å². The zero-order chi connectivity index (χ0) is 20.5. The van der Waals surface area contributed by atoms with Gasteiger partial charge in [0.25, 0.3) is 5.91 Å². The molecule has 6 nitrogen and oxygen atoms in total. The summed E-state index contributed by atoms with van der Waals surface area (Å²) < 4.78 is 1.68. The molecule has 0 aliphatic rings. The van der Waals surface area contributed by atoms with E-state index in [4.69, 9.17) is 0 Å². The minimum Gasteiger partial charge on any atom is -0.298 e. The van der Waals surface area contributed by atoms with Crippen molar-refractivity contribution in [3.05, 3.63) is 89.6 Å². The van der Waals surface area contributed by atoms with E-state index in [0.717, 1.165) is 27.9 Å². The van der Waals surface area contributed by atoms with Crippen LogP contribution in [0.15, 0.2) is 78.3 Å². The lowest BCUT2D eigenvalue weighted by Gasteiger charge is -2.06. The summed E-state index contributed by atoms with van der Waals surface area (Å²) >= 11 is 1.40. The Kier molecular flexibility index (Phi) is 4.57. The predicted octanol–water partition coefficient (Wildman–Crippen LogP) is 5.10. The highest BCUT2D eigenvalue weighted by Gasteiger charge is 2.17. The van der Waals surface area contributed by atoms with Gasteiger partial charge >= 0.3 is 0 Å². The summed E-state index contributed by atoms with van der Waals surface area (Å²) in [6, 6.07) is 21.7. The quantitative estimate of drug-likeness (QED) is 0.446. The van der Waals surface area contributed by atoms with E-state index in [1.54, 1.807) is 10.9 Å². The maximum absolute atomic E-state index is 12.8. The Balaban J connectivity index is 1.39. The molecule has 0 fully saturated rings. The van der Waals surface area contributed by atoms with E-state index in [-0.39, 0.29) is 5.91 Å². The molecule has 0 aliphatic carbocycles. The summed E-state index contributed by atoms with van der Waals surface area (Å²) in [6.07, 6.45) is 1.56. The second-order valence-electron chi connectivity index (χ2n) is 6.78. The molecule has 2 aromatic carbocycles. The number of rotatable bonds is 4. The van der Waals surface area contributed by atoms with E-state index >= 15 is 0 Å². The molecule has 1 N–H and O–H groups in total. The predicted molar refractivity (Wildman–Crippen MR) is 119 cm³/mol. The van der Waals surface area contributed by atoms with Gasteiger partial charge in [-0.2, -0.15) is 5.10 Å². The Hall–Kier alpha value is -3.84. The van der Waals surface area contributed by atoms with E-state index in [2.05, 4.69) is 20.4 Å². The Bertz CT molecular complexity index is 1360. The molecule has 0 spiro atoms. The monoisotopic (exact) mass is 411 g/mol. The van der Waals surface area contributed by atoms with Gasteiger partial charge in [-0.1, -0.05) is 48.5 Å². The minimum atomic E-state index is -0.242. The molecule has 5 aromatic rings. The summed E-state index contributed by atoms with van der Waals surface area (Å²) in [5.74, 6) is 0.430. The minimum absolute atomic E-state index is 0.242. The molecule has 0 unspecified atom stereocenters. The molecule has 0 saturated heterocycles. The van der Waals surface area contributed by atoms with Crippen molar-refractivity contribution in [1.82, 2.24) is 19.7 Å². The first-order chi connectivity index (χ1) is 14.7. The van der Waals surface area contributed by atoms with Crippen molar-refractivity contribution in [3.8, 4) is 17.1 Å². The van der Waals surface area contributed by atoms with Crippen LogP contribution in [0.1, 0.15) is 16.1 Å².